The molecule has 0 spiro atoms. The minimum absolute atomic E-state index is 0.0894. The van der Waals surface area contributed by atoms with Crippen molar-refractivity contribution in [1.29, 1.82) is 0 Å². The molecule has 4 nitrogen and oxygen atoms in total. The molecule has 1 amide bonds. The monoisotopic (exact) mass is 302 g/mol. The zero-order valence-electron chi connectivity index (χ0n) is 10.6. The van der Waals surface area contributed by atoms with E-state index in [1.54, 1.807) is 12.1 Å². The van der Waals surface area contributed by atoms with Crippen molar-refractivity contribution < 1.29 is 9.53 Å². The average Bonchev–Trinajstić information content (AvgIpc) is 2.37. The molecule has 1 heterocycles. The van der Waals surface area contributed by atoms with Gasteiger partial charge in [0.2, 0.25) is 5.91 Å². The van der Waals surface area contributed by atoms with Crippen LogP contribution < -0.4 is 10.6 Å². The zero-order valence-corrected chi connectivity index (χ0v) is 12.1. The number of carbonyl (C=O) groups is 1. The van der Waals surface area contributed by atoms with Crippen LogP contribution >= 0.6 is 23.2 Å². The number of aryl methyl sites for hydroxylation is 1. The first-order valence-corrected chi connectivity index (χ1v) is 6.89. The Balaban J connectivity index is 1.96. The summed E-state index contributed by atoms with van der Waals surface area (Å²) in [6.07, 6.45) is 0.211. The van der Waals surface area contributed by atoms with E-state index in [-0.39, 0.29) is 12.0 Å². The van der Waals surface area contributed by atoms with Gasteiger partial charge in [0.25, 0.3) is 0 Å². The summed E-state index contributed by atoms with van der Waals surface area (Å²) in [6.45, 7) is 4.02. The molecular formula is C13H16Cl2N2O2. The first-order chi connectivity index (χ1) is 9.06. The third kappa shape index (κ3) is 4.08. The fourth-order valence-corrected chi connectivity index (χ4v) is 2.33. The summed E-state index contributed by atoms with van der Waals surface area (Å²) in [6, 6.07) is 3.40. The first-order valence-electron chi connectivity index (χ1n) is 6.14. The van der Waals surface area contributed by atoms with Gasteiger partial charge in [-0.05, 0) is 24.6 Å². The molecule has 0 radical (unpaired) electrons. The SMILES string of the molecule is Cc1cc(Cl)c(NC(=O)CC2CNCCO2)cc1Cl. The van der Waals surface area contributed by atoms with Crippen molar-refractivity contribution in [2.45, 2.75) is 19.4 Å². The third-order valence-electron chi connectivity index (χ3n) is 2.94. The van der Waals surface area contributed by atoms with Gasteiger partial charge >= 0.3 is 0 Å². The summed E-state index contributed by atoms with van der Waals surface area (Å²) in [5.41, 5.74) is 1.41. The highest BCUT2D eigenvalue weighted by Gasteiger charge is 2.18. The molecule has 0 saturated carbocycles. The van der Waals surface area contributed by atoms with E-state index < -0.39 is 0 Å². The van der Waals surface area contributed by atoms with Gasteiger partial charge in [-0.25, -0.2) is 0 Å². The van der Waals surface area contributed by atoms with Gasteiger partial charge in [0, 0.05) is 18.1 Å². The van der Waals surface area contributed by atoms with Crippen LogP contribution in [0.4, 0.5) is 5.69 Å². The number of hydrogen-bond donors (Lipinski definition) is 2. The maximum Gasteiger partial charge on any atom is 0.227 e. The van der Waals surface area contributed by atoms with Gasteiger partial charge in [0.15, 0.2) is 0 Å². The number of rotatable bonds is 3. The normalized spacial score (nSPS) is 19.2. The van der Waals surface area contributed by atoms with Gasteiger partial charge in [-0.2, -0.15) is 0 Å². The fourth-order valence-electron chi connectivity index (χ4n) is 1.90. The highest BCUT2D eigenvalue weighted by Crippen LogP contribution is 2.28. The lowest BCUT2D eigenvalue weighted by molar-refractivity contribution is -0.119. The van der Waals surface area contributed by atoms with Crippen LogP contribution in [0.15, 0.2) is 12.1 Å². The van der Waals surface area contributed by atoms with Crippen molar-refractivity contribution in [2.75, 3.05) is 25.0 Å². The predicted molar refractivity (Wildman–Crippen MR) is 77.1 cm³/mol. The molecule has 1 saturated heterocycles. The lowest BCUT2D eigenvalue weighted by Gasteiger charge is -2.23. The molecule has 1 aliphatic rings. The zero-order chi connectivity index (χ0) is 13.8. The van der Waals surface area contributed by atoms with Gasteiger partial charge in [-0.1, -0.05) is 23.2 Å². The molecule has 0 aliphatic carbocycles. The fraction of sp³-hybridized carbons (Fsp3) is 0.462. The van der Waals surface area contributed by atoms with E-state index in [0.717, 1.165) is 12.1 Å². The molecule has 19 heavy (non-hydrogen) atoms. The van der Waals surface area contributed by atoms with Gasteiger partial charge in [-0.3, -0.25) is 4.79 Å². The maximum atomic E-state index is 11.9. The molecule has 6 heteroatoms. The summed E-state index contributed by atoms with van der Waals surface area (Å²) in [5.74, 6) is -0.129. The second kappa shape index (κ2) is 6.57. The molecular weight excluding hydrogens is 287 g/mol. The average molecular weight is 303 g/mol. The number of anilines is 1. The predicted octanol–water partition coefficient (Wildman–Crippen LogP) is 2.62. The number of benzene rings is 1. The quantitative estimate of drug-likeness (QED) is 0.902. The van der Waals surface area contributed by atoms with Crippen LogP contribution in [0.25, 0.3) is 0 Å². The van der Waals surface area contributed by atoms with Crippen molar-refractivity contribution in [2.24, 2.45) is 0 Å². The molecule has 0 aromatic heterocycles. The highest BCUT2D eigenvalue weighted by atomic mass is 35.5. The molecule has 104 valence electrons. The van der Waals surface area contributed by atoms with E-state index >= 15 is 0 Å². The van der Waals surface area contributed by atoms with E-state index in [9.17, 15) is 4.79 Å². The molecule has 1 aromatic carbocycles. The maximum absolute atomic E-state index is 11.9. The van der Waals surface area contributed by atoms with Crippen LogP contribution in [0.3, 0.4) is 0 Å². The number of hydrogen-bond acceptors (Lipinski definition) is 3. The largest absolute Gasteiger partial charge is 0.375 e. The van der Waals surface area contributed by atoms with E-state index in [0.29, 0.717) is 35.3 Å². The summed E-state index contributed by atoms with van der Waals surface area (Å²) in [4.78, 5) is 11.9. The van der Waals surface area contributed by atoms with Gasteiger partial charge < -0.3 is 15.4 Å². The molecule has 1 unspecified atom stereocenters. The minimum Gasteiger partial charge on any atom is -0.375 e. The number of amides is 1. The second-order valence-corrected chi connectivity index (χ2v) is 5.34. The van der Waals surface area contributed by atoms with E-state index in [4.69, 9.17) is 27.9 Å². The minimum atomic E-state index is -0.129. The van der Waals surface area contributed by atoms with Gasteiger partial charge in [-0.15, -0.1) is 0 Å². The Labute approximate surface area is 122 Å². The van der Waals surface area contributed by atoms with Crippen molar-refractivity contribution in [1.82, 2.24) is 5.32 Å². The van der Waals surface area contributed by atoms with E-state index in [1.165, 1.54) is 0 Å². The summed E-state index contributed by atoms with van der Waals surface area (Å²) in [5, 5.41) is 7.01. The summed E-state index contributed by atoms with van der Waals surface area (Å²) >= 11 is 12.1. The van der Waals surface area contributed by atoms with Crippen LogP contribution in [0.5, 0.6) is 0 Å². The molecule has 1 aromatic rings. The summed E-state index contributed by atoms with van der Waals surface area (Å²) < 4.78 is 5.48. The second-order valence-electron chi connectivity index (χ2n) is 4.53. The smallest absolute Gasteiger partial charge is 0.227 e. The van der Waals surface area contributed by atoms with Crippen LogP contribution in [0.2, 0.25) is 10.0 Å². The summed E-state index contributed by atoms with van der Waals surface area (Å²) in [7, 11) is 0. The van der Waals surface area contributed by atoms with Gasteiger partial charge in [0.1, 0.15) is 0 Å². The first kappa shape index (κ1) is 14.6. The van der Waals surface area contributed by atoms with Crippen molar-refractivity contribution >= 4 is 34.8 Å². The molecule has 0 bridgehead atoms. The Morgan fingerprint density at radius 2 is 2.26 bits per heavy atom. The van der Waals surface area contributed by atoms with Crippen LogP contribution in [0, 0.1) is 6.92 Å². The lowest BCUT2D eigenvalue weighted by atomic mass is 10.2. The molecule has 1 aliphatic heterocycles. The third-order valence-corrected chi connectivity index (χ3v) is 3.66. The standard InChI is InChI=1S/C13H16Cl2N2O2/c1-8-4-11(15)12(6-10(8)14)17-13(18)5-9-7-16-2-3-19-9/h4,6,9,16H,2-3,5,7H2,1H3,(H,17,18). The Hall–Kier alpha value is -0.810. The highest BCUT2D eigenvalue weighted by molar-refractivity contribution is 6.36. The topological polar surface area (TPSA) is 50.4 Å². The van der Waals surface area contributed by atoms with E-state index in [2.05, 4.69) is 10.6 Å². The van der Waals surface area contributed by atoms with Crippen molar-refractivity contribution in [3.05, 3.63) is 27.7 Å². The Morgan fingerprint density at radius 1 is 1.47 bits per heavy atom. The van der Waals surface area contributed by atoms with Crippen LogP contribution in [-0.2, 0) is 9.53 Å². The van der Waals surface area contributed by atoms with Crippen molar-refractivity contribution in [3.63, 3.8) is 0 Å². The van der Waals surface area contributed by atoms with Crippen LogP contribution in [-0.4, -0.2) is 31.7 Å². The molecule has 2 N–H and O–H groups in total. The Bertz CT molecular complexity index is 474. The molecule has 1 fully saturated rings. The number of morpholine rings is 1. The number of halogens is 2. The molecule has 1 atom stereocenters. The van der Waals surface area contributed by atoms with E-state index in [1.807, 2.05) is 6.92 Å². The number of ether oxygens (including phenoxy) is 1. The number of nitrogens with one attached hydrogen (secondary N) is 2. The van der Waals surface area contributed by atoms with Crippen LogP contribution in [0.1, 0.15) is 12.0 Å². The van der Waals surface area contributed by atoms with Gasteiger partial charge in [0.05, 0.1) is 29.8 Å². The molecule has 2 rings (SSSR count). The Kier molecular flexibility index (Phi) is 5.05. The Morgan fingerprint density at radius 3 is 2.95 bits per heavy atom. The van der Waals surface area contributed by atoms with Crippen molar-refractivity contribution in [3.8, 4) is 0 Å². The lowest BCUT2D eigenvalue weighted by Crippen LogP contribution is -2.40. The number of carbonyl (C=O) groups excluding carboxylic acids is 1.